The zero-order valence-corrected chi connectivity index (χ0v) is 12.3. The Morgan fingerprint density at radius 1 is 1.39 bits per heavy atom. The Morgan fingerprint density at radius 2 is 2.11 bits per heavy atom. The van der Waals surface area contributed by atoms with Crippen molar-refractivity contribution in [2.24, 2.45) is 5.92 Å². The minimum atomic E-state index is -0.322. The molecule has 0 aliphatic heterocycles. The molecule has 2 atom stereocenters. The Morgan fingerprint density at radius 3 is 2.78 bits per heavy atom. The molecule has 2 unspecified atom stereocenters. The van der Waals surface area contributed by atoms with Crippen LogP contribution < -0.4 is 0 Å². The van der Waals surface area contributed by atoms with Gasteiger partial charge in [0.2, 0.25) is 0 Å². The fraction of sp³-hybridized carbons (Fsp3) is 0.538. The molecule has 0 heterocycles. The van der Waals surface area contributed by atoms with Crippen molar-refractivity contribution in [1.29, 1.82) is 0 Å². The van der Waals surface area contributed by atoms with Crippen LogP contribution in [0.25, 0.3) is 0 Å². The van der Waals surface area contributed by atoms with Crippen LogP contribution in [0.3, 0.4) is 0 Å². The Labute approximate surface area is 120 Å². The number of hydrogen-bond acceptors (Lipinski definition) is 2. The topological polar surface area (TPSA) is 43.1 Å². The van der Waals surface area contributed by atoms with Crippen LogP contribution in [-0.4, -0.2) is 9.75 Å². The summed E-state index contributed by atoms with van der Waals surface area (Å²) in [6, 6.07) is 4.81. The molecule has 0 saturated heterocycles. The van der Waals surface area contributed by atoms with Gasteiger partial charge in [0, 0.05) is 21.5 Å². The predicted octanol–water partition coefficient (Wildman–Crippen LogP) is 4.74. The SMILES string of the molecule is O=[N+]([O-])c1ccc(Cl)cc1CC1CCCCC1Br. The molecule has 0 amide bonds. The van der Waals surface area contributed by atoms with Crippen LogP contribution in [0.1, 0.15) is 31.2 Å². The molecule has 1 saturated carbocycles. The van der Waals surface area contributed by atoms with Gasteiger partial charge in [-0.2, -0.15) is 0 Å². The molecule has 18 heavy (non-hydrogen) atoms. The second kappa shape index (κ2) is 6.02. The molecular weight excluding hydrogens is 318 g/mol. The molecule has 0 aromatic heterocycles. The van der Waals surface area contributed by atoms with Crippen molar-refractivity contribution in [3.8, 4) is 0 Å². The Bertz CT molecular complexity index is 453. The van der Waals surface area contributed by atoms with Gasteiger partial charge < -0.3 is 0 Å². The van der Waals surface area contributed by atoms with Crippen molar-refractivity contribution >= 4 is 33.2 Å². The predicted molar refractivity (Wildman–Crippen MR) is 76.5 cm³/mol. The third-order valence-corrected chi connectivity index (χ3v) is 4.98. The number of rotatable bonds is 3. The normalized spacial score (nSPS) is 23.9. The minimum Gasteiger partial charge on any atom is -0.258 e. The fourth-order valence-electron chi connectivity index (χ4n) is 2.57. The van der Waals surface area contributed by atoms with E-state index < -0.39 is 0 Å². The van der Waals surface area contributed by atoms with Crippen molar-refractivity contribution in [1.82, 2.24) is 0 Å². The van der Waals surface area contributed by atoms with E-state index in [1.807, 2.05) is 0 Å². The van der Waals surface area contributed by atoms with Gasteiger partial charge in [-0.1, -0.05) is 40.4 Å². The van der Waals surface area contributed by atoms with Crippen LogP contribution in [0.4, 0.5) is 5.69 Å². The Balaban J connectivity index is 2.21. The fourth-order valence-corrected chi connectivity index (χ4v) is 3.54. The minimum absolute atomic E-state index is 0.185. The van der Waals surface area contributed by atoms with Gasteiger partial charge in [-0.3, -0.25) is 10.1 Å². The number of nitrogens with zero attached hydrogens (tertiary/aromatic N) is 1. The molecule has 1 aromatic rings. The first kappa shape index (κ1) is 13.8. The van der Waals surface area contributed by atoms with Gasteiger partial charge in [0.1, 0.15) is 0 Å². The van der Waals surface area contributed by atoms with Crippen LogP contribution in [-0.2, 0) is 6.42 Å². The molecule has 2 rings (SSSR count). The third-order valence-electron chi connectivity index (χ3n) is 3.54. The Hall–Kier alpha value is -0.610. The van der Waals surface area contributed by atoms with Crippen molar-refractivity contribution in [2.75, 3.05) is 0 Å². The van der Waals surface area contributed by atoms with Gasteiger partial charge in [0.15, 0.2) is 0 Å². The summed E-state index contributed by atoms with van der Waals surface area (Å²) in [5, 5.41) is 11.6. The molecule has 1 aliphatic rings. The maximum atomic E-state index is 11.0. The van der Waals surface area contributed by atoms with E-state index in [9.17, 15) is 10.1 Å². The van der Waals surface area contributed by atoms with Gasteiger partial charge in [0.25, 0.3) is 5.69 Å². The molecule has 3 nitrogen and oxygen atoms in total. The average Bonchev–Trinajstić information content (AvgIpc) is 2.32. The van der Waals surface area contributed by atoms with Crippen LogP contribution in [0.2, 0.25) is 5.02 Å². The van der Waals surface area contributed by atoms with E-state index in [1.54, 1.807) is 12.1 Å². The second-order valence-electron chi connectivity index (χ2n) is 4.79. The van der Waals surface area contributed by atoms with Crippen molar-refractivity contribution < 1.29 is 4.92 Å². The molecule has 1 fully saturated rings. The van der Waals surface area contributed by atoms with E-state index in [2.05, 4.69) is 15.9 Å². The number of halogens is 2. The van der Waals surface area contributed by atoms with Crippen LogP contribution in [0.15, 0.2) is 18.2 Å². The highest BCUT2D eigenvalue weighted by molar-refractivity contribution is 9.09. The summed E-state index contributed by atoms with van der Waals surface area (Å²) in [5.74, 6) is 0.468. The summed E-state index contributed by atoms with van der Waals surface area (Å²) < 4.78 is 0. The van der Waals surface area contributed by atoms with Gasteiger partial charge in [-0.25, -0.2) is 0 Å². The monoisotopic (exact) mass is 331 g/mol. The molecular formula is C13H15BrClNO2. The largest absolute Gasteiger partial charge is 0.272 e. The summed E-state index contributed by atoms with van der Waals surface area (Å²) in [5.41, 5.74) is 0.938. The average molecular weight is 333 g/mol. The third kappa shape index (κ3) is 3.23. The molecule has 1 aliphatic carbocycles. The molecule has 0 radical (unpaired) electrons. The number of benzene rings is 1. The summed E-state index contributed by atoms with van der Waals surface area (Å²) in [4.78, 5) is 11.1. The summed E-state index contributed by atoms with van der Waals surface area (Å²) in [7, 11) is 0. The second-order valence-corrected chi connectivity index (χ2v) is 6.41. The molecule has 5 heteroatoms. The van der Waals surface area contributed by atoms with Gasteiger partial charge in [-0.15, -0.1) is 0 Å². The van der Waals surface area contributed by atoms with E-state index in [0.717, 1.165) is 24.8 Å². The lowest BCUT2D eigenvalue weighted by atomic mass is 9.84. The first-order valence-electron chi connectivity index (χ1n) is 6.15. The lowest BCUT2D eigenvalue weighted by molar-refractivity contribution is -0.385. The van der Waals surface area contributed by atoms with E-state index >= 15 is 0 Å². The van der Waals surface area contributed by atoms with Gasteiger partial charge >= 0.3 is 0 Å². The number of alkyl halides is 1. The van der Waals surface area contributed by atoms with Crippen molar-refractivity contribution in [3.63, 3.8) is 0 Å². The van der Waals surface area contributed by atoms with Crippen LogP contribution in [0, 0.1) is 16.0 Å². The molecule has 0 spiro atoms. The maximum absolute atomic E-state index is 11.0. The highest BCUT2D eigenvalue weighted by Crippen LogP contribution is 2.35. The maximum Gasteiger partial charge on any atom is 0.272 e. The van der Waals surface area contributed by atoms with Crippen molar-refractivity contribution in [3.05, 3.63) is 38.9 Å². The highest BCUT2D eigenvalue weighted by atomic mass is 79.9. The molecule has 98 valence electrons. The molecule has 0 N–H and O–H groups in total. The molecule has 1 aromatic carbocycles. The number of nitro groups is 1. The smallest absolute Gasteiger partial charge is 0.258 e. The standard InChI is InChI=1S/C13H15BrClNO2/c14-12-4-2-1-3-9(12)7-10-8-11(15)5-6-13(10)16(17)18/h5-6,8-9,12H,1-4,7H2. The zero-order valence-electron chi connectivity index (χ0n) is 9.94. The summed E-state index contributed by atoms with van der Waals surface area (Å²) in [6.07, 6.45) is 5.45. The lowest BCUT2D eigenvalue weighted by Crippen LogP contribution is -2.21. The molecule has 0 bridgehead atoms. The number of nitro benzene ring substituents is 1. The first-order valence-corrected chi connectivity index (χ1v) is 7.44. The van der Waals surface area contributed by atoms with Crippen LogP contribution >= 0.6 is 27.5 Å². The highest BCUT2D eigenvalue weighted by Gasteiger charge is 2.25. The van der Waals surface area contributed by atoms with Crippen molar-refractivity contribution in [2.45, 2.75) is 36.9 Å². The summed E-state index contributed by atoms with van der Waals surface area (Å²) in [6.45, 7) is 0. The Kier molecular flexibility index (Phi) is 4.62. The van der Waals surface area contributed by atoms with E-state index in [1.165, 1.54) is 18.9 Å². The van der Waals surface area contributed by atoms with Gasteiger partial charge in [-0.05, 0) is 37.3 Å². The number of hydrogen-bond donors (Lipinski definition) is 0. The zero-order chi connectivity index (χ0) is 13.1. The van der Waals surface area contributed by atoms with E-state index in [0.29, 0.717) is 15.8 Å². The van der Waals surface area contributed by atoms with E-state index in [4.69, 9.17) is 11.6 Å². The lowest BCUT2D eigenvalue weighted by Gasteiger charge is -2.27. The first-order chi connectivity index (χ1) is 8.58. The van der Waals surface area contributed by atoms with Crippen LogP contribution in [0.5, 0.6) is 0 Å². The summed E-state index contributed by atoms with van der Waals surface area (Å²) >= 11 is 9.63. The van der Waals surface area contributed by atoms with E-state index in [-0.39, 0.29) is 10.6 Å². The quantitative estimate of drug-likeness (QED) is 0.455. The van der Waals surface area contributed by atoms with Gasteiger partial charge in [0.05, 0.1) is 4.92 Å².